The number of hydrogen-bond acceptors (Lipinski definition) is 4. The van der Waals surface area contributed by atoms with E-state index in [0.717, 1.165) is 43.7 Å². The van der Waals surface area contributed by atoms with Crippen molar-refractivity contribution in [1.82, 2.24) is 20.8 Å². The number of guanidine groups is 1. The first-order chi connectivity index (χ1) is 11.2. The fourth-order valence-corrected chi connectivity index (χ4v) is 3.33. The van der Waals surface area contributed by atoms with Gasteiger partial charge in [0.2, 0.25) is 5.89 Å². The molecule has 2 N–H and O–H groups in total. The number of nitrogens with one attached hydrogen (secondary N) is 2. The molecule has 2 rings (SSSR count). The van der Waals surface area contributed by atoms with Gasteiger partial charge in [0.1, 0.15) is 0 Å². The lowest BCUT2D eigenvalue weighted by molar-refractivity contribution is 0.270. The van der Waals surface area contributed by atoms with Crippen molar-refractivity contribution in [3.8, 4) is 0 Å². The summed E-state index contributed by atoms with van der Waals surface area (Å²) in [5, 5.41) is 10.6. The van der Waals surface area contributed by atoms with Crippen LogP contribution in [0.25, 0.3) is 0 Å². The van der Waals surface area contributed by atoms with E-state index >= 15 is 0 Å². The van der Waals surface area contributed by atoms with Crippen molar-refractivity contribution in [3.05, 3.63) is 11.7 Å². The van der Waals surface area contributed by atoms with E-state index in [1.54, 1.807) is 0 Å². The lowest BCUT2D eigenvalue weighted by Gasteiger charge is -2.26. The van der Waals surface area contributed by atoms with Crippen LogP contribution in [0.5, 0.6) is 0 Å². The first-order valence-corrected chi connectivity index (χ1v) is 8.91. The zero-order valence-electron chi connectivity index (χ0n) is 14.8. The molecule has 1 heterocycles. The molecule has 1 aliphatic rings. The van der Waals surface area contributed by atoms with Gasteiger partial charge in [0.15, 0.2) is 11.8 Å². The molecule has 0 bridgehead atoms. The van der Waals surface area contributed by atoms with Gasteiger partial charge in [0, 0.05) is 26.6 Å². The second kappa shape index (κ2) is 9.53. The molecule has 2 atom stereocenters. The van der Waals surface area contributed by atoms with Crippen molar-refractivity contribution >= 4 is 5.96 Å². The minimum atomic E-state index is 0.697. The first-order valence-electron chi connectivity index (χ1n) is 8.91. The molecular formula is C17H31N5O. The van der Waals surface area contributed by atoms with Crippen molar-refractivity contribution in [2.24, 2.45) is 16.8 Å². The number of nitrogens with zero attached hydrogens (tertiary/aromatic N) is 3. The molecule has 0 amide bonds. The predicted molar refractivity (Wildman–Crippen MR) is 92.5 cm³/mol. The summed E-state index contributed by atoms with van der Waals surface area (Å²) in [4.78, 5) is 8.48. The van der Waals surface area contributed by atoms with Crippen LogP contribution < -0.4 is 10.6 Å². The van der Waals surface area contributed by atoms with E-state index < -0.39 is 0 Å². The molecule has 0 aliphatic heterocycles. The molecule has 0 spiro atoms. The Morgan fingerprint density at radius 2 is 2.13 bits per heavy atom. The Morgan fingerprint density at radius 3 is 2.83 bits per heavy atom. The van der Waals surface area contributed by atoms with Crippen LogP contribution in [0.4, 0.5) is 0 Å². The molecule has 0 aromatic carbocycles. The molecule has 2 unspecified atom stereocenters. The molecule has 0 saturated heterocycles. The molecule has 1 aromatic rings. The highest BCUT2D eigenvalue weighted by Gasteiger charge is 2.18. The van der Waals surface area contributed by atoms with E-state index in [0.29, 0.717) is 11.7 Å². The summed E-state index contributed by atoms with van der Waals surface area (Å²) in [5.41, 5.74) is 0. The Labute approximate surface area is 139 Å². The van der Waals surface area contributed by atoms with Gasteiger partial charge in [0.25, 0.3) is 0 Å². The lowest BCUT2D eigenvalue weighted by atomic mass is 9.81. The van der Waals surface area contributed by atoms with Gasteiger partial charge in [-0.3, -0.25) is 4.99 Å². The standard InChI is InChI=1S/C17H31N5O/c1-13-6-4-7-15(12-13)9-11-20-17(18-3)19-10-5-8-16-21-14(2)22-23-16/h13,15H,4-12H2,1-3H3,(H2,18,19,20). The van der Waals surface area contributed by atoms with E-state index in [1.807, 2.05) is 14.0 Å². The molecule has 0 radical (unpaired) electrons. The van der Waals surface area contributed by atoms with Crippen molar-refractivity contribution in [2.45, 2.75) is 58.8 Å². The van der Waals surface area contributed by atoms with Gasteiger partial charge >= 0.3 is 0 Å². The maximum atomic E-state index is 5.10. The van der Waals surface area contributed by atoms with Gasteiger partial charge in [-0.2, -0.15) is 4.98 Å². The Hall–Kier alpha value is -1.59. The van der Waals surface area contributed by atoms with E-state index in [-0.39, 0.29) is 0 Å². The summed E-state index contributed by atoms with van der Waals surface area (Å²) in [6.45, 7) is 6.07. The van der Waals surface area contributed by atoms with Gasteiger partial charge in [0.05, 0.1) is 0 Å². The highest BCUT2D eigenvalue weighted by molar-refractivity contribution is 5.79. The molecule has 6 heteroatoms. The van der Waals surface area contributed by atoms with Crippen molar-refractivity contribution in [3.63, 3.8) is 0 Å². The van der Waals surface area contributed by atoms with Crippen molar-refractivity contribution in [2.75, 3.05) is 20.1 Å². The number of rotatable bonds is 7. The maximum absolute atomic E-state index is 5.10. The fraction of sp³-hybridized carbons (Fsp3) is 0.824. The molecule has 23 heavy (non-hydrogen) atoms. The highest BCUT2D eigenvalue weighted by Crippen LogP contribution is 2.30. The molecule has 6 nitrogen and oxygen atoms in total. The van der Waals surface area contributed by atoms with Crippen LogP contribution in [0.2, 0.25) is 0 Å². The average Bonchev–Trinajstić information content (AvgIpc) is 2.95. The molecule has 1 saturated carbocycles. The van der Waals surface area contributed by atoms with Crippen LogP contribution in [0, 0.1) is 18.8 Å². The number of aromatic nitrogens is 2. The first kappa shape index (κ1) is 17.8. The van der Waals surface area contributed by atoms with E-state index in [4.69, 9.17) is 4.52 Å². The van der Waals surface area contributed by atoms with Gasteiger partial charge < -0.3 is 15.2 Å². The summed E-state index contributed by atoms with van der Waals surface area (Å²) in [6, 6.07) is 0. The molecule has 1 aromatic heterocycles. The summed E-state index contributed by atoms with van der Waals surface area (Å²) < 4.78 is 5.10. The third-order valence-electron chi connectivity index (χ3n) is 4.54. The minimum Gasteiger partial charge on any atom is -0.356 e. The molecular weight excluding hydrogens is 290 g/mol. The largest absolute Gasteiger partial charge is 0.356 e. The van der Waals surface area contributed by atoms with Gasteiger partial charge in [-0.15, -0.1) is 0 Å². The summed E-state index contributed by atoms with van der Waals surface area (Å²) >= 11 is 0. The SMILES string of the molecule is CN=C(NCCCc1nc(C)no1)NCCC1CCCC(C)C1. The van der Waals surface area contributed by atoms with Crippen LogP contribution in [-0.4, -0.2) is 36.2 Å². The fourth-order valence-electron chi connectivity index (χ4n) is 3.33. The van der Waals surface area contributed by atoms with Crippen LogP contribution in [0.1, 0.15) is 57.2 Å². The van der Waals surface area contributed by atoms with Crippen LogP contribution >= 0.6 is 0 Å². The van der Waals surface area contributed by atoms with E-state index in [2.05, 4.69) is 32.7 Å². The minimum absolute atomic E-state index is 0.697. The van der Waals surface area contributed by atoms with Crippen LogP contribution in [-0.2, 0) is 6.42 Å². The number of aliphatic imine (C=N–C) groups is 1. The van der Waals surface area contributed by atoms with Gasteiger partial charge in [-0.05, 0) is 38.0 Å². The molecule has 130 valence electrons. The monoisotopic (exact) mass is 321 g/mol. The zero-order chi connectivity index (χ0) is 16.5. The van der Waals surface area contributed by atoms with Gasteiger partial charge in [-0.1, -0.05) is 31.3 Å². The predicted octanol–water partition coefficient (Wildman–Crippen LogP) is 2.69. The average molecular weight is 321 g/mol. The Morgan fingerprint density at radius 1 is 1.30 bits per heavy atom. The summed E-state index contributed by atoms with van der Waals surface area (Å²) in [7, 11) is 1.82. The third kappa shape index (κ3) is 6.59. The molecule has 1 fully saturated rings. The Bertz CT molecular complexity index is 485. The highest BCUT2D eigenvalue weighted by atomic mass is 16.5. The second-order valence-corrected chi connectivity index (χ2v) is 6.69. The molecule has 1 aliphatic carbocycles. The normalized spacial score (nSPS) is 22.1. The van der Waals surface area contributed by atoms with Crippen molar-refractivity contribution in [1.29, 1.82) is 0 Å². The third-order valence-corrected chi connectivity index (χ3v) is 4.54. The maximum Gasteiger partial charge on any atom is 0.226 e. The Kier molecular flexibility index (Phi) is 7.36. The quantitative estimate of drug-likeness (QED) is 0.459. The van der Waals surface area contributed by atoms with E-state index in [9.17, 15) is 0 Å². The van der Waals surface area contributed by atoms with E-state index in [1.165, 1.54) is 32.1 Å². The summed E-state index contributed by atoms with van der Waals surface area (Å²) in [6.07, 6.45) is 8.57. The van der Waals surface area contributed by atoms with Crippen LogP contribution in [0.3, 0.4) is 0 Å². The number of aryl methyl sites for hydroxylation is 2. The Balaban J connectivity index is 1.56. The van der Waals surface area contributed by atoms with Gasteiger partial charge in [-0.25, -0.2) is 0 Å². The van der Waals surface area contributed by atoms with Crippen LogP contribution in [0.15, 0.2) is 9.52 Å². The number of hydrogen-bond donors (Lipinski definition) is 2. The topological polar surface area (TPSA) is 75.3 Å². The summed E-state index contributed by atoms with van der Waals surface area (Å²) in [5.74, 6) is 4.07. The smallest absolute Gasteiger partial charge is 0.226 e. The zero-order valence-corrected chi connectivity index (χ0v) is 14.8. The van der Waals surface area contributed by atoms with Crippen molar-refractivity contribution < 1.29 is 4.52 Å². The lowest BCUT2D eigenvalue weighted by Crippen LogP contribution is -2.39. The second-order valence-electron chi connectivity index (χ2n) is 6.69.